The van der Waals surface area contributed by atoms with Crippen molar-refractivity contribution in [2.45, 2.75) is 38.8 Å². The van der Waals surface area contributed by atoms with E-state index in [9.17, 15) is 18.0 Å². The number of hydrogen-bond donors (Lipinski definition) is 0. The molecule has 1 amide bonds. The van der Waals surface area contributed by atoms with Gasteiger partial charge in [-0.1, -0.05) is 38.1 Å². The molecule has 0 fully saturated rings. The van der Waals surface area contributed by atoms with Crippen molar-refractivity contribution in [3.05, 3.63) is 102 Å². The number of pyridine rings is 3. The fraction of sp³-hybridized carbons (Fsp3) is 0.267. The number of anilines is 1. The summed E-state index contributed by atoms with van der Waals surface area (Å²) in [4.78, 5) is 27.3. The summed E-state index contributed by atoms with van der Waals surface area (Å²) in [6, 6.07) is 17.0. The summed E-state index contributed by atoms with van der Waals surface area (Å²) in [7, 11) is 8.21. The monoisotopic (exact) mass is 544 g/mol. The largest absolute Gasteiger partial charge is 0.497 e. The lowest BCUT2D eigenvalue weighted by Crippen LogP contribution is -2.37. The summed E-state index contributed by atoms with van der Waals surface area (Å²) in [5, 5.41) is 0. The van der Waals surface area contributed by atoms with E-state index in [0.29, 0.717) is 23.5 Å². The van der Waals surface area contributed by atoms with Crippen LogP contribution in [-0.2, 0) is 17.4 Å². The molecule has 1 unspecified atom stereocenters. The summed E-state index contributed by atoms with van der Waals surface area (Å²) in [5.74, 6) is 0.0283. The predicted octanol–water partition coefficient (Wildman–Crippen LogP) is 6.40. The maximum atomic E-state index is 13.4. The molecule has 0 aliphatic rings. The van der Waals surface area contributed by atoms with Crippen LogP contribution in [0.15, 0.2) is 79.3 Å². The summed E-state index contributed by atoms with van der Waals surface area (Å²) in [5.41, 5.74) is 2.69. The van der Waals surface area contributed by atoms with Gasteiger partial charge >= 0.3 is 6.18 Å². The van der Waals surface area contributed by atoms with Crippen LogP contribution in [0.1, 0.15) is 48.7 Å². The highest BCUT2D eigenvalue weighted by atomic mass is 19.4. The molecule has 3 aromatic heterocycles. The minimum atomic E-state index is -4.50. The Morgan fingerprint density at radius 3 is 2.23 bits per heavy atom. The van der Waals surface area contributed by atoms with Gasteiger partial charge < -0.3 is 4.74 Å². The van der Waals surface area contributed by atoms with Crippen molar-refractivity contribution >= 4 is 19.6 Å². The van der Waals surface area contributed by atoms with Crippen LogP contribution in [0.4, 0.5) is 19.0 Å². The van der Waals surface area contributed by atoms with Crippen molar-refractivity contribution in [3.8, 4) is 16.9 Å². The highest BCUT2D eigenvalue weighted by Gasteiger charge is 2.32. The minimum absolute atomic E-state index is 0.0778. The molecule has 0 spiro atoms. The number of rotatable bonds is 9. The molecular formula is C30H28BF3N4O2. The first-order valence-electron chi connectivity index (χ1n) is 12.7. The molecule has 0 saturated carbocycles. The van der Waals surface area contributed by atoms with E-state index in [2.05, 4.69) is 15.0 Å². The molecule has 2 radical (unpaired) electrons. The van der Waals surface area contributed by atoms with Gasteiger partial charge in [-0.25, -0.2) is 4.98 Å². The van der Waals surface area contributed by atoms with E-state index >= 15 is 0 Å². The number of ether oxygens (including phenoxy) is 1. The molecule has 1 atom stereocenters. The third-order valence-corrected chi connectivity index (χ3v) is 6.22. The fourth-order valence-corrected chi connectivity index (χ4v) is 4.17. The highest BCUT2D eigenvalue weighted by Crippen LogP contribution is 2.29. The average Bonchev–Trinajstić information content (AvgIpc) is 2.93. The number of alkyl halides is 3. The standard InChI is InChI=1S/C30H28BF3N4O2/c1-19(2)14-28(39)38(29(31)25-10-7-23(18-36-25)22-5-8-24(40-3)9-6-22)27-16-20(12-13-35-27)15-21-4-11-26(37-17-21)30(32,33)34/h4-13,16-19,29H,14-15H2,1-3H3. The van der Waals surface area contributed by atoms with Crippen LogP contribution in [0, 0.1) is 5.92 Å². The van der Waals surface area contributed by atoms with Gasteiger partial charge in [-0.05, 0) is 65.4 Å². The van der Waals surface area contributed by atoms with Crippen molar-refractivity contribution in [3.63, 3.8) is 0 Å². The molecule has 40 heavy (non-hydrogen) atoms. The second-order valence-electron chi connectivity index (χ2n) is 9.76. The van der Waals surface area contributed by atoms with E-state index in [-0.39, 0.29) is 18.2 Å². The summed E-state index contributed by atoms with van der Waals surface area (Å²) in [6.45, 7) is 3.87. The molecular weight excluding hydrogens is 516 g/mol. The number of aromatic nitrogens is 3. The third-order valence-electron chi connectivity index (χ3n) is 6.22. The van der Waals surface area contributed by atoms with Gasteiger partial charge in [-0.15, -0.1) is 0 Å². The van der Waals surface area contributed by atoms with Gasteiger partial charge in [0.25, 0.3) is 0 Å². The molecule has 204 valence electrons. The third kappa shape index (κ3) is 7.05. The lowest BCUT2D eigenvalue weighted by molar-refractivity contribution is -0.141. The Morgan fingerprint density at radius 1 is 0.925 bits per heavy atom. The smallest absolute Gasteiger partial charge is 0.433 e. The van der Waals surface area contributed by atoms with E-state index < -0.39 is 17.8 Å². The number of carbonyl (C=O) groups is 1. The summed E-state index contributed by atoms with van der Waals surface area (Å²) in [6.07, 6.45) is 0.485. The Kier molecular flexibility index (Phi) is 8.87. The Balaban J connectivity index is 1.60. The quantitative estimate of drug-likeness (QED) is 0.228. The fourth-order valence-electron chi connectivity index (χ4n) is 4.17. The zero-order valence-corrected chi connectivity index (χ0v) is 22.4. The first-order chi connectivity index (χ1) is 19.0. The zero-order chi connectivity index (χ0) is 28.9. The number of nitrogens with zero attached hydrogens (tertiary/aromatic N) is 4. The lowest BCUT2D eigenvalue weighted by Gasteiger charge is -2.30. The molecule has 0 bridgehead atoms. The number of carbonyl (C=O) groups excluding carboxylic acids is 1. The van der Waals surface area contributed by atoms with Crippen LogP contribution in [0.25, 0.3) is 11.1 Å². The summed E-state index contributed by atoms with van der Waals surface area (Å²) >= 11 is 0. The van der Waals surface area contributed by atoms with Gasteiger partial charge in [0, 0.05) is 36.5 Å². The van der Waals surface area contributed by atoms with Gasteiger partial charge in [0.2, 0.25) is 5.91 Å². The lowest BCUT2D eigenvalue weighted by atomic mass is 9.89. The topological polar surface area (TPSA) is 68.2 Å². The molecule has 4 aromatic rings. The zero-order valence-electron chi connectivity index (χ0n) is 22.4. The van der Waals surface area contributed by atoms with Gasteiger partial charge in [0.1, 0.15) is 25.1 Å². The predicted molar refractivity (Wildman–Crippen MR) is 148 cm³/mol. The van der Waals surface area contributed by atoms with Crippen molar-refractivity contribution in [1.29, 1.82) is 0 Å². The summed E-state index contributed by atoms with van der Waals surface area (Å²) < 4.78 is 43.8. The van der Waals surface area contributed by atoms with E-state index in [1.165, 1.54) is 17.2 Å². The van der Waals surface area contributed by atoms with Gasteiger partial charge in [0.15, 0.2) is 0 Å². The normalized spacial score (nSPS) is 12.3. The van der Waals surface area contributed by atoms with Crippen LogP contribution in [-0.4, -0.2) is 35.8 Å². The van der Waals surface area contributed by atoms with Crippen molar-refractivity contribution in [2.24, 2.45) is 5.92 Å². The first-order valence-corrected chi connectivity index (χ1v) is 12.7. The molecule has 6 nitrogen and oxygen atoms in total. The number of amides is 1. The Bertz CT molecular complexity index is 1430. The highest BCUT2D eigenvalue weighted by molar-refractivity contribution is 6.17. The first kappa shape index (κ1) is 28.8. The van der Waals surface area contributed by atoms with Gasteiger partial charge in [-0.2, -0.15) is 13.2 Å². The van der Waals surface area contributed by atoms with Crippen molar-refractivity contribution in [2.75, 3.05) is 12.0 Å². The van der Waals surface area contributed by atoms with E-state index in [1.54, 1.807) is 37.7 Å². The number of benzene rings is 1. The molecule has 0 saturated heterocycles. The molecule has 1 aromatic carbocycles. The van der Waals surface area contributed by atoms with E-state index in [4.69, 9.17) is 12.6 Å². The number of methoxy groups -OCH3 is 1. The van der Waals surface area contributed by atoms with E-state index in [1.807, 2.05) is 44.2 Å². The maximum Gasteiger partial charge on any atom is 0.433 e. The van der Waals surface area contributed by atoms with E-state index in [0.717, 1.165) is 28.5 Å². The average molecular weight is 544 g/mol. The van der Waals surface area contributed by atoms with Crippen LogP contribution < -0.4 is 9.64 Å². The number of hydrogen-bond acceptors (Lipinski definition) is 5. The van der Waals surface area contributed by atoms with Gasteiger partial charge in [0.05, 0.1) is 12.8 Å². The Labute approximate surface area is 232 Å². The second kappa shape index (κ2) is 12.3. The second-order valence-corrected chi connectivity index (χ2v) is 9.76. The van der Waals surface area contributed by atoms with Crippen molar-refractivity contribution in [1.82, 2.24) is 15.0 Å². The number of halogens is 3. The Hall–Kier alpha value is -4.21. The van der Waals surface area contributed by atoms with Gasteiger partial charge in [-0.3, -0.25) is 19.7 Å². The van der Waals surface area contributed by atoms with Crippen LogP contribution in [0.3, 0.4) is 0 Å². The van der Waals surface area contributed by atoms with Crippen LogP contribution in [0.5, 0.6) is 5.75 Å². The molecule has 4 rings (SSSR count). The van der Waals surface area contributed by atoms with Crippen LogP contribution in [0.2, 0.25) is 0 Å². The minimum Gasteiger partial charge on any atom is -0.497 e. The van der Waals surface area contributed by atoms with Crippen molar-refractivity contribution < 1.29 is 22.7 Å². The molecule has 0 aliphatic heterocycles. The molecule has 10 heteroatoms. The SMILES string of the molecule is [B]C(c1ccc(-c2ccc(OC)cc2)cn1)N(C(=O)CC(C)C)c1cc(Cc2ccc(C(F)(F)F)nc2)ccn1. The molecule has 0 N–H and O–H groups in total. The Morgan fingerprint density at radius 2 is 1.65 bits per heavy atom. The molecule has 0 aliphatic carbocycles. The maximum absolute atomic E-state index is 13.4. The van der Waals surface area contributed by atoms with Crippen LogP contribution >= 0.6 is 0 Å². The molecule has 3 heterocycles.